The molecular formula is C12H25N. The second kappa shape index (κ2) is 6.42. The van der Waals surface area contributed by atoms with Gasteiger partial charge in [-0.2, -0.15) is 0 Å². The SMILES string of the molecule is CCCCCCC[C@H]1CCN(C)C1. The van der Waals surface area contributed by atoms with E-state index >= 15 is 0 Å². The Labute approximate surface area is 83.5 Å². The summed E-state index contributed by atoms with van der Waals surface area (Å²) in [4.78, 5) is 2.47. The molecule has 1 rings (SSSR count). The van der Waals surface area contributed by atoms with Gasteiger partial charge in [-0.1, -0.05) is 39.0 Å². The van der Waals surface area contributed by atoms with E-state index < -0.39 is 0 Å². The van der Waals surface area contributed by atoms with Crippen molar-refractivity contribution in [3.63, 3.8) is 0 Å². The summed E-state index contributed by atoms with van der Waals surface area (Å²) in [6.07, 6.45) is 10.1. The van der Waals surface area contributed by atoms with E-state index in [-0.39, 0.29) is 0 Å². The molecule has 0 aromatic rings. The quantitative estimate of drug-likeness (QED) is 0.571. The summed E-state index contributed by atoms with van der Waals surface area (Å²) < 4.78 is 0. The molecule has 0 aromatic heterocycles. The summed E-state index contributed by atoms with van der Waals surface area (Å²) in [6, 6.07) is 0. The predicted octanol–water partition coefficient (Wildman–Crippen LogP) is 3.30. The van der Waals surface area contributed by atoms with Gasteiger partial charge >= 0.3 is 0 Å². The van der Waals surface area contributed by atoms with Crippen molar-refractivity contribution in [2.75, 3.05) is 20.1 Å². The monoisotopic (exact) mass is 183 g/mol. The highest BCUT2D eigenvalue weighted by Crippen LogP contribution is 2.20. The minimum atomic E-state index is 1.02. The van der Waals surface area contributed by atoms with Gasteiger partial charge < -0.3 is 4.90 Å². The topological polar surface area (TPSA) is 3.24 Å². The molecule has 0 unspecified atom stereocenters. The minimum Gasteiger partial charge on any atom is -0.306 e. The molecule has 1 heteroatoms. The highest BCUT2D eigenvalue weighted by molar-refractivity contribution is 4.72. The summed E-state index contributed by atoms with van der Waals surface area (Å²) in [5.74, 6) is 1.02. The third-order valence-corrected chi connectivity index (χ3v) is 3.20. The summed E-state index contributed by atoms with van der Waals surface area (Å²) in [6.45, 7) is 4.97. The van der Waals surface area contributed by atoms with Crippen molar-refractivity contribution >= 4 is 0 Å². The first-order valence-corrected chi connectivity index (χ1v) is 6.01. The number of nitrogens with zero attached hydrogens (tertiary/aromatic N) is 1. The average molecular weight is 183 g/mol. The zero-order valence-corrected chi connectivity index (χ0v) is 9.39. The van der Waals surface area contributed by atoms with E-state index in [1.54, 1.807) is 0 Å². The number of hydrogen-bond acceptors (Lipinski definition) is 1. The number of likely N-dealkylation sites (tertiary alicyclic amines) is 1. The average Bonchev–Trinajstić information content (AvgIpc) is 2.51. The first-order valence-electron chi connectivity index (χ1n) is 6.01. The molecule has 0 spiro atoms. The molecule has 0 aliphatic carbocycles. The Bertz CT molecular complexity index is 122. The highest BCUT2D eigenvalue weighted by atomic mass is 15.1. The maximum Gasteiger partial charge on any atom is 0.000708 e. The molecule has 0 aromatic carbocycles. The molecule has 0 saturated carbocycles. The van der Waals surface area contributed by atoms with Crippen LogP contribution in [-0.4, -0.2) is 25.0 Å². The van der Waals surface area contributed by atoms with Crippen LogP contribution in [-0.2, 0) is 0 Å². The lowest BCUT2D eigenvalue weighted by Gasteiger charge is -2.09. The molecule has 0 amide bonds. The molecule has 1 aliphatic rings. The standard InChI is InChI=1S/C12H25N/c1-3-4-5-6-7-8-12-9-10-13(2)11-12/h12H,3-11H2,1-2H3/t12-/m0/s1. The smallest absolute Gasteiger partial charge is 0.000708 e. The van der Waals surface area contributed by atoms with E-state index in [4.69, 9.17) is 0 Å². The van der Waals surface area contributed by atoms with Gasteiger partial charge in [0.2, 0.25) is 0 Å². The van der Waals surface area contributed by atoms with Gasteiger partial charge in [-0.15, -0.1) is 0 Å². The van der Waals surface area contributed by atoms with E-state index in [1.165, 1.54) is 58.0 Å². The van der Waals surface area contributed by atoms with Crippen LogP contribution in [0.4, 0.5) is 0 Å². The van der Waals surface area contributed by atoms with Crippen LogP contribution < -0.4 is 0 Å². The van der Waals surface area contributed by atoms with E-state index in [0.717, 1.165) is 5.92 Å². The van der Waals surface area contributed by atoms with Crippen LogP contribution in [0, 0.1) is 5.92 Å². The van der Waals surface area contributed by atoms with E-state index in [1.807, 2.05) is 0 Å². The van der Waals surface area contributed by atoms with Crippen molar-refractivity contribution in [1.82, 2.24) is 4.90 Å². The predicted molar refractivity (Wildman–Crippen MR) is 59.0 cm³/mol. The molecule has 1 atom stereocenters. The van der Waals surface area contributed by atoms with Gasteiger partial charge in [0.25, 0.3) is 0 Å². The second-order valence-corrected chi connectivity index (χ2v) is 4.62. The fraction of sp³-hybridized carbons (Fsp3) is 1.00. The zero-order valence-electron chi connectivity index (χ0n) is 9.39. The molecule has 13 heavy (non-hydrogen) atoms. The second-order valence-electron chi connectivity index (χ2n) is 4.62. The van der Waals surface area contributed by atoms with Crippen molar-refractivity contribution in [2.24, 2.45) is 5.92 Å². The lowest BCUT2D eigenvalue weighted by molar-refractivity contribution is 0.382. The van der Waals surface area contributed by atoms with Crippen LogP contribution in [0.1, 0.15) is 51.9 Å². The molecular weight excluding hydrogens is 158 g/mol. The van der Waals surface area contributed by atoms with Crippen molar-refractivity contribution in [3.05, 3.63) is 0 Å². The normalized spacial score (nSPS) is 24.0. The Kier molecular flexibility index (Phi) is 5.45. The van der Waals surface area contributed by atoms with E-state index in [0.29, 0.717) is 0 Å². The molecule has 0 bridgehead atoms. The molecule has 78 valence electrons. The molecule has 1 nitrogen and oxygen atoms in total. The Hall–Kier alpha value is -0.0400. The number of rotatable bonds is 6. The Morgan fingerprint density at radius 1 is 1.15 bits per heavy atom. The molecule has 1 fully saturated rings. The van der Waals surface area contributed by atoms with Gasteiger partial charge in [-0.3, -0.25) is 0 Å². The minimum absolute atomic E-state index is 1.02. The van der Waals surface area contributed by atoms with Gasteiger partial charge in [0.05, 0.1) is 0 Å². The largest absolute Gasteiger partial charge is 0.306 e. The number of unbranched alkanes of at least 4 members (excludes halogenated alkanes) is 4. The third kappa shape index (κ3) is 4.66. The van der Waals surface area contributed by atoms with Crippen molar-refractivity contribution in [2.45, 2.75) is 51.9 Å². The maximum atomic E-state index is 2.47. The van der Waals surface area contributed by atoms with Gasteiger partial charge in [-0.25, -0.2) is 0 Å². The zero-order chi connectivity index (χ0) is 9.52. The van der Waals surface area contributed by atoms with Crippen LogP contribution in [0.15, 0.2) is 0 Å². The van der Waals surface area contributed by atoms with Gasteiger partial charge in [0.1, 0.15) is 0 Å². The first kappa shape index (κ1) is 11.0. The van der Waals surface area contributed by atoms with Crippen LogP contribution in [0.5, 0.6) is 0 Å². The lowest BCUT2D eigenvalue weighted by atomic mass is 10.00. The molecule has 0 N–H and O–H groups in total. The summed E-state index contributed by atoms with van der Waals surface area (Å²) in [5.41, 5.74) is 0. The fourth-order valence-electron chi connectivity index (χ4n) is 2.30. The Morgan fingerprint density at radius 2 is 1.92 bits per heavy atom. The Morgan fingerprint density at radius 3 is 2.54 bits per heavy atom. The molecule has 1 aliphatic heterocycles. The van der Waals surface area contributed by atoms with Gasteiger partial charge in [0.15, 0.2) is 0 Å². The van der Waals surface area contributed by atoms with Crippen LogP contribution >= 0.6 is 0 Å². The highest BCUT2D eigenvalue weighted by Gasteiger charge is 2.18. The molecule has 1 heterocycles. The lowest BCUT2D eigenvalue weighted by Crippen LogP contribution is -2.13. The summed E-state index contributed by atoms with van der Waals surface area (Å²) >= 11 is 0. The van der Waals surface area contributed by atoms with Crippen molar-refractivity contribution in [3.8, 4) is 0 Å². The maximum absolute atomic E-state index is 2.47. The Balaban J connectivity index is 1.88. The summed E-state index contributed by atoms with van der Waals surface area (Å²) in [7, 11) is 2.25. The molecule has 0 radical (unpaired) electrons. The van der Waals surface area contributed by atoms with Gasteiger partial charge in [0, 0.05) is 6.54 Å². The molecule has 1 saturated heterocycles. The van der Waals surface area contributed by atoms with Crippen molar-refractivity contribution in [1.29, 1.82) is 0 Å². The fourth-order valence-corrected chi connectivity index (χ4v) is 2.30. The third-order valence-electron chi connectivity index (χ3n) is 3.20. The van der Waals surface area contributed by atoms with Gasteiger partial charge in [-0.05, 0) is 32.4 Å². The van der Waals surface area contributed by atoms with E-state index in [2.05, 4.69) is 18.9 Å². The van der Waals surface area contributed by atoms with E-state index in [9.17, 15) is 0 Å². The van der Waals surface area contributed by atoms with Crippen LogP contribution in [0.2, 0.25) is 0 Å². The first-order chi connectivity index (χ1) is 6.33. The summed E-state index contributed by atoms with van der Waals surface area (Å²) in [5, 5.41) is 0. The van der Waals surface area contributed by atoms with Crippen LogP contribution in [0.3, 0.4) is 0 Å². The van der Waals surface area contributed by atoms with Crippen LogP contribution in [0.25, 0.3) is 0 Å². The number of hydrogen-bond donors (Lipinski definition) is 0. The van der Waals surface area contributed by atoms with Crippen molar-refractivity contribution < 1.29 is 0 Å².